The van der Waals surface area contributed by atoms with E-state index in [4.69, 9.17) is 17.0 Å². The van der Waals surface area contributed by atoms with E-state index in [2.05, 4.69) is 20.9 Å². The average Bonchev–Trinajstić information content (AvgIpc) is 2.60. The fourth-order valence-corrected chi connectivity index (χ4v) is 1.97. The van der Waals surface area contributed by atoms with Crippen molar-refractivity contribution in [2.45, 2.75) is 39.7 Å². The third-order valence-corrected chi connectivity index (χ3v) is 3.70. The van der Waals surface area contributed by atoms with Gasteiger partial charge in [-0.2, -0.15) is 0 Å². The molecule has 26 heavy (non-hydrogen) atoms. The molecule has 142 valence electrons. The number of benzene rings is 1. The molecule has 0 fully saturated rings. The Morgan fingerprint density at radius 3 is 2.42 bits per heavy atom. The van der Waals surface area contributed by atoms with Gasteiger partial charge in [0, 0.05) is 6.42 Å². The summed E-state index contributed by atoms with van der Waals surface area (Å²) in [5.41, 5.74) is 6.94. The van der Waals surface area contributed by atoms with Crippen LogP contribution in [0.2, 0.25) is 0 Å². The summed E-state index contributed by atoms with van der Waals surface area (Å²) in [5, 5.41) is 2.24. The molecule has 0 aliphatic heterocycles. The van der Waals surface area contributed by atoms with Gasteiger partial charge in [-0.25, -0.2) is 0 Å². The first-order chi connectivity index (χ1) is 12.2. The molecule has 0 spiro atoms. The zero-order chi connectivity index (χ0) is 19.7. The van der Waals surface area contributed by atoms with Crippen molar-refractivity contribution in [2.75, 3.05) is 7.11 Å². The van der Waals surface area contributed by atoms with Crippen LogP contribution in [0.4, 0.5) is 0 Å². The van der Waals surface area contributed by atoms with Gasteiger partial charge in [-0.15, -0.1) is 0 Å². The highest BCUT2D eigenvalue weighted by molar-refractivity contribution is 7.80. The van der Waals surface area contributed by atoms with E-state index in [1.807, 2.05) is 26.0 Å². The Morgan fingerprint density at radius 2 is 1.81 bits per heavy atom. The van der Waals surface area contributed by atoms with Crippen molar-refractivity contribution < 1.29 is 23.9 Å². The van der Waals surface area contributed by atoms with E-state index in [1.165, 1.54) is 7.11 Å². The molecule has 1 rings (SSSR count). The van der Waals surface area contributed by atoms with E-state index >= 15 is 0 Å². The maximum Gasteiger partial charge on any atom is 0.306 e. The highest BCUT2D eigenvalue weighted by Crippen LogP contribution is 2.17. The van der Waals surface area contributed by atoms with E-state index in [1.54, 1.807) is 13.0 Å². The molecule has 1 unspecified atom stereocenters. The lowest BCUT2D eigenvalue weighted by molar-refractivity contribution is -0.142. The van der Waals surface area contributed by atoms with Crippen molar-refractivity contribution in [3.63, 3.8) is 0 Å². The number of methoxy groups -OCH3 is 1. The van der Waals surface area contributed by atoms with Crippen LogP contribution in [0.1, 0.15) is 30.9 Å². The molecule has 1 atom stereocenters. The number of esters is 1. The number of hydrazine groups is 1. The van der Waals surface area contributed by atoms with Crippen LogP contribution >= 0.6 is 12.2 Å². The van der Waals surface area contributed by atoms with Crippen LogP contribution in [0, 0.1) is 13.8 Å². The van der Waals surface area contributed by atoms with Gasteiger partial charge in [-0.3, -0.25) is 25.2 Å². The summed E-state index contributed by atoms with van der Waals surface area (Å²) in [5.74, 6) is -0.852. The lowest BCUT2D eigenvalue weighted by atomic mass is 10.1. The summed E-state index contributed by atoms with van der Waals surface area (Å²) < 4.78 is 10.0. The summed E-state index contributed by atoms with van der Waals surface area (Å²) >= 11 is 4.89. The summed E-state index contributed by atoms with van der Waals surface area (Å²) in [7, 11) is 1.24. The minimum absolute atomic E-state index is 0.0574. The predicted octanol–water partition coefficient (Wildman–Crippen LogP) is 1.05. The highest BCUT2D eigenvalue weighted by Gasteiger charge is 2.15. The number of carbonyl (C=O) groups excluding carboxylic acids is 3. The van der Waals surface area contributed by atoms with Gasteiger partial charge in [0.05, 0.1) is 13.5 Å². The number of carbonyl (C=O) groups is 3. The number of amides is 2. The van der Waals surface area contributed by atoms with Crippen LogP contribution in [0.5, 0.6) is 5.75 Å². The predicted molar refractivity (Wildman–Crippen MR) is 99.3 cm³/mol. The molecule has 0 aliphatic carbocycles. The van der Waals surface area contributed by atoms with E-state index in [-0.39, 0.29) is 18.0 Å². The minimum Gasteiger partial charge on any atom is -0.481 e. The van der Waals surface area contributed by atoms with Crippen LogP contribution in [-0.4, -0.2) is 36.1 Å². The third kappa shape index (κ3) is 7.47. The highest BCUT2D eigenvalue weighted by atomic mass is 32.1. The largest absolute Gasteiger partial charge is 0.481 e. The molecule has 9 heteroatoms. The number of aryl methyl sites for hydroxylation is 2. The molecule has 2 amide bonds. The zero-order valence-electron chi connectivity index (χ0n) is 15.2. The van der Waals surface area contributed by atoms with Crippen molar-refractivity contribution >= 4 is 35.1 Å². The van der Waals surface area contributed by atoms with Crippen LogP contribution in [0.15, 0.2) is 18.2 Å². The van der Waals surface area contributed by atoms with Gasteiger partial charge < -0.3 is 14.8 Å². The Balaban J connectivity index is 2.37. The van der Waals surface area contributed by atoms with Crippen LogP contribution in [-0.2, 0) is 19.1 Å². The van der Waals surface area contributed by atoms with Crippen LogP contribution in [0.3, 0.4) is 0 Å². The number of hydrogen-bond donors (Lipinski definition) is 3. The van der Waals surface area contributed by atoms with E-state index < -0.39 is 23.9 Å². The molecule has 0 bridgehead atoms. The van der Waals surface area contributed by atoms with Gasteiger partial charge in [0.15, 0.2) is 11.2 Å². The number of nitrogens with one attached hydrogen (secondary N) is 3. The average molecular weight is 381 g/mol. The Morgan fingerprint density at radius 1 is 1.12 bits per heavy atom. The van der Waals surface area contributed by atoms with E-state index in [0.717, 1.165) is 11.1 Å². The molecule has 3 N–H and O–H groups in total. The van der Waals surface area contributed by atoms with Crippen molar-refractivity contribution in [3.05, 3.63) is 29.3 Å². The van der Waals surface area contributed by atoms with Crippen LogP contribution < -0.4 is 20.9 Å². The molecule has 1 aromatic carbocycles. The number of ether oxygens (including phenoxy) is 2. The van der Waals surface area contributed by atoms with E-state index in [9.17, 15) is 14.4 Å². The Bertz CT molecular complexity index is 693. The van der Waals surface area contributed by atoms with E-state index in [0.29, 0.717) is 5.75 Å². The minimum atomic E-state index is -0.776. The monoisotopic (exact) mass is 381 g/mol. The molecule has 1 aromatic rings. The fraction of sp³-hybridized carbons (Fsp3) is 0.412. The summed E-state index contributed by atoms with van der Waals surface area (Å²) in [6.45, 7) is 5.53. The van der Waals surface area contributed by atoms with Gasteiger partial charge in [0.25, 0.3) is 5.91 Å². The van der Waals surface area contributed by atoms with Crippen molar-refractivity contribution in [2.24, 2.45) is 0 Å². The standard InChI is InChI=1S/C17H23N3O5S/c1-10-5-6-13(9-11(10)2)25-12(3)16(23)19-20-17(26)18-14(21)7-8-15(22)24-4/h5-6,9,12H,7-8H2,1-4H3,(H,19,23)(H2,18,20,21,26). The van der Waals surface area contributed by atoms with Crippen molar-refractivity contribution in [3.8, 4) is 5.75 Å². The lowest BCUT2D eigenvalue weighted by Gasteiger charge is -2.16. The second kappa shape index (κ2) is 10.3. The normalized spacial score (nSPS) is 11.1. The molecular formula is C17H23N3O5S. The Labute approximate surface area is 157 Å². The number of hydrogen-bond acceptors (Lipinski definition) is 6. The first kappa shape index (κ1) is 21.4. The first-order valence-corrected chi connectivity index (χ1v) is 8.34. The van der Waals surface area contributed by atoms with Crippen LogP contribution in [0.25, 0.3) is 0 Å². The zero-order valence-corrected chi connectivity index (χ0v) is 16.0. The van der Waals surface area contributed by atoms with Crippen molar-refractivity contribution in [1.29, 1.82) is 0 Å². The number of thiocarbonyl (C=S) groups is 1. The second-order valence-electron chi connectivity index (χ2n) is 5.57. The first-order valence-electron chi connectivity index (χ1n) is 7.93. The fourth-order valence-electron chi connectivity index (χ4n) is 1.80. The lowest BCUT2D eigenvalue weighted by Crippen LogP contribution is -2.51. The molecule has 0 saturated heterocycles. The van der Waals surface area contributed by atoms with Crippen molar-refractivity contribution in [1.82, 2.24) is 16.2 Å². The van der Waals surface area contributed by atoms with Gasteiger partial charge >= 0.3 is 5.97 Å². The Hall–Kier alpha value is -2.68. The molecule has 0 aromatic heterocycles. The molecular weight excluding hydrogens is 358 g/mol. The smallest absolute Gasteiger partial charge is 0.306 e. The summed E-state index contributed by atoms with van der Waals surface area (Å²) in [6, 6.07) is 5.54. The topological polar surface area (TPSA) is 106 Å². The van der Waals surface area contributed by atoms with Gasteiger partial charge in [-0.1, -0.05) is 6.07 Å². The maximum atomic E-state index is 12.0. The SMILES string of the molecule is COC(=O)CCC(=O)NC(=S)NNC(=O)C(C)Oc1ccc(C)c(C)c1. The Kier molecular flexibility index (Phi) is 8.50. The maximum absolute atomic E-state index is 12.0. The summed E-state index contributed by atoms with van der Waals surface area (Å²) in [6.07, 6.45) is -0.908. The molecule has 0 saturated carbocycles. The molecule has 0 radical (unpaired) electrons. The third-order valence-electron chi connectivity index (χ3n) is 3.50. The number of rotatable bonds is 6. The van der Waals surface area contributed by atoms with Gasteiger partial charge in [0.1, 0.15) is 5.75 Å². The quantitative estimate of drug-likeness (QED) is 0.384. The molecule has 0 aliphatic rings. The second-order valence-corrected chi connectivity index (χ2v) is 5.98. The van der Waals surface area contributed by atoms with Gasteiger partial charge in [-0.05, 0) is 56.2 Å². The molecule has 0 heterocycles. The summed E-state index contributed by atoms with van der Waals surface area (Å²) in [4.78, 5) is 34.5. The van der Waals surface area contributed by atoms with Gasteiger partial charge in [0.2, 0.25) is 5.91 Å². The molecule has 8 nitrogen and oxygen atoms in total.